The number of halogens is 1. The fraction of sp³-hybridized carbons (Fsp3) is 0.294. The largest absolute Gasteiger partial charge is 0.454 e. The van der Waals surface area contributed by atoms with Crippen molar-refractivity contribution in [2.24, 2.45) is 4.99 Å². The molecule has 0 saturated carbocycles. The molecule has 7 heteroatoms. The van der Waals surface area contributed by atoms with Gasteiger partial charge in [0.1, 0.15) is 0 Å². The molecule has 0 saturated heterocycles. The number of pyridine rings is 1. The van der Waals surface area contributed by atoms with Gasteiger partial charge in [0.15, 0.2) is 17.5 Å². The zero-order valence-electron chi connectivity index (χ0n) is 13.4. The minimum absolute atomic E-state index is 0.259. The average molecular weight is 391 g/mol. The molecule has 0 bridgehead atoms. The number of ether oxygens (including phenoxy) is 2. The number of nitrogens with zero attached hydrogens (tertiary/aromatic N) is 2. The molecular formula is C17H19BrN4O2. The van der Waals surface area contributed by atoms with Crippen molar-refractivity contribution in [3.8, 4) is 11.5 Å². The first-order valence-electron chi connectivity index (χ1n) is 7.76. The third-order valence-electron chi connectivity index (χ3n) is 3.41. The fourth-order valence-electron chi connectivity index (χ4n) is 2.30. The highest BCUT2D eigenvalue weighted by Gasteiger charge is 2.17. The van der Waals surface area contributed by atoms with E-state index < -0.39 is 0 Å². The summed E-state index contributed by atoms with van der Waals surface area (Å²) in [6.45, 7) is 4.24. The smallest absolute Gasteiger partial charge is 0.231 e. The van der Waals surface area contributed by atoms with Gasteiger partial charge < -0.3 is 20.1 Å². The molecule has 126 valence electrons. The molecule has 2 N–H and O–H groups in total. The zero-order valence-corrected chi connectivity index (χ0v) is 15.0. The SMILES string of the molecule is CCNC(=NCc1cc(Br)c2c(c1)OCO2)NCc1ccccn1. The Bertz CT molecular complexity index is 722. The first-order chi connectivity index (χ1) is 11.8. The van der Waals surface area contributed by atoms with Crippen molar-refractivity contribution in [1.29, 1.82) is 0 Å². The van der Waals surface area contributed by atoms with Crippen LogP contribution in [0.3, 0.4) is 0 Å². The van der Waals surface area contributed by atoms with Gasteiger partial charge in [-0.15, -0.1) is 0 Å². The second-order valence-electron chi connectivity index (χ2n) is 5.18. The molecule has 3 rings (SSSR count). The predicted molar refractivity (Wildman–Crippen MR) is 96.2 cm³/mol. The minimum atomic E-state index is 0.259. The van der Waals surface area contributed by atoms with Crippen molar-refractivity contribution in [3.63, 3.8) is 0 Å². The van der Waals surface area contributed by atoms with E-state index in [4.69, 9.17) is 9.47 Å². The number of nitrogens with one attached hydrogen (secondary N) is 2. The molecule has 6 nitrogen and oxygen atoms in total. The fourth-order valence-corrected chi connectivity index (χ4v) is 2.91. The van der Waals surface area contributed by atoms with E-state index >= 15 is 0 Å². The highest BCUT2D eigenvalue weighted by Crippen LogP contribution is 2.40. The topological polar surface area (TPSA) is 67.8 Å². The molecule has 1 aliphatic rings. The van der Waals surface area contributed by atoms with E-state index in [1.807, 2.05) is 37.3 Å². The Kier molecular flexibility index (Phi) is 5.53. The maximum absolute atomic E-state index is 5.44. The lowest BCUT2D eigenvalue weighted by Gasteiger charge is -2.11. The summed E-state index contributed by atoms with van der Waals surface area (Å²) >= 11 is 3.50. The van der Waals surface area contributed by atoms with Crippen LogP contribution in [-0.4, -0.2) is 24.3 Å². The second-order valence-corrected chi connectivity index (χ2v) is 6.04. The van der Waals surface area contributed by atoms with E-state index in [1.54, 1.807) is 6.20 Å². The highest BCUT2D eigenvalue weighted by molar-refractivity contribution is 9.10. The van der Waals surface area contributed by atoms with Gasteiger partial charge in [-0.1, -0.05) is 6.07 Å². The molecular weight excluding hydrogens is 372 g/mol. The third kappa shape index (κ3) is 4.17. The molecule has 0 radical (unpaired) electrons. The van der Waals surface area contributed by atoms with E-state index in [0.29, 0.717) is 13.1 Å². The Morgan fingerprint density at radius 2 is 2.21 bits per heavy atom. The van der Waals surface area contributed by atoms with Gasteiger partial charge in [0, 0.05) is 12.7 Å². The summed E-state index contributed by atoms with van der Waals surface area (Å²) < 4.78 is 11.7. The Morgan fingerprint density at radius 1 is 1.29 bits per heavy atom. The number of rotatable bonds is 5. The van der Waals surface area contributed by atoms with Crippen molar-refractivity contribution in [1.82, 2.24) is 15.6 Å². The zero-order chi connectivity index (χ0) is 16.8. The molecule has 24 heavy (non-hydrogen) atoms. The quantitative estimate of drug-likeness (QED) is 0.606. The van der Waals surface area contributed by atoms with E-state index in [2.05, 4.69) is 36.5 Å². The van der Waals surface area contributed by atoms with E-state index in [9.17, 15) is 0 Å². The normalized spacial score (nSPS) is 13.0. The van der Waals surface area contributed by atoms with E-state index in [0.717, 1.165) is 39.7 Å². The summed E-state index contributed by atoms with van der Waals surface area (Å²) in [7, 11) is 0. The van der Waals surface area contributed by atoms with Crippen molar-refractivity contribution in [3.05, 3.63) is 52.3 Å². The minimum Gasteiger partial charge on any atom is -0.454 e. The summed E-state index contributed by atoms with van der Waals surface area (Å²) in [4.78, 5) is 8.91. The number of hydrogen-bond acceptors (Lipinski definition) is 4. The molecule has 2 aromatic rings. The maximum Gasteiger partial charge on any atom is 0.231 e. The lowest BCUT2D eigenvalue weighted by molar-refractivity contribution is 0.173. The summed E-state index contributed by atoms with van der Waals surface area (Å²) in [6, 6.07) is 9.81. The van der Waals surface area contributed by atoms with Crippen LogP contribution in [0.1, 0.15) is 18.2 Å². The number of hydrogen-bond donors (Lipinski definition) is 2. The lowest BCUT2D eigenvalue weighted by Crippen LogP contribution is -2.37. The first-order valence-corrected chi connectivity index (χ1v) is 8.55. The number of guanidine groups is 1. The van der Waals surface area contributed by atoms with Gasteiger partial charge in [0.25, 0.3) is 0 Å². The molecule has 2 heterocycles. The molecule has 0 unspecified atom stereocenters. The van der Waals surface area contributed by atoms with Gasteiger partial charge in [-0.3, -0.25) is 4.98 Å². The number of aromatic nitrogens is 1. The standard InChI is InChI=1S/C17H19BrN4O2/c1-2-19-17(22-10-13-5-3-4-6-20-13)21-9-12-7-14(18)16-15(8-12)23-11-24-16/h3-8H,2,9-11H2,1H3,(H2,19,21,22). The van der Waals surface area contributed by atoms with Crippen LogP contribution in [0, 0.1) is 0 Å². The van der Waals surface area contributed by atoms with Gasteiger partial charge in [-0.25, -0.2) is 4.99 Å². The van der Waals surface area contributed by atoms with Gasteiger partial charge in [0.2, 0.25) is 6.79 Å². The van der Waals surface area contributed by atoms with Crippen LogP contribution >= 0.6 is 15.9 Å². The highest BCUT2D eigenvalue weighted by atomic mass is 79.9. The second kappa shape index (κ2) is 8.01. The van der Waals surface area contributed by atoms with Gasteiger partial charge >= 0.3 is 0 Å². The predicted octanol–water partition coefficient (Wildman–Crippen LogP) is 2.83. The first kappa shape index (κ1) is 16.6. The number of aliphatic imine (C=N–C) groups is 1. The van der Waals surface area contributed by atoms with Crippen molar-refractivity contribution >= 4 is 21.9 Å². The molecule has 1 aromatic heterocycles. The van der Waals surface area contributed by atoms with Crippen LogP contribution in [0.15, 0.2) is 46.0 Å². The van der Waals surface area contributed by atoms with E-state index in [1.165, 1.54) is 0 Å². The van der Waals surface area contributed by atoms with Crippen LogP contribution in [0.2, 0.25) is 0 Å². The summed E-state index contributed by atoms with van der Waals surface area (Å²) in [6.07, 6.45) is 1.78. The molecule has 0 spiro atoms. The Balaban J connectivity index is 1.66. The molecule has 0 amide bonds. The van der Waals surface area contributed by atoms with Crippen molar-refractivity contribution in [2.75, 3.05) is 13.3 Å². The monoisotopic (exact) mass is 390 g/mol. The number of benzene rings is 1. The van der Waals surface area contributed by atoms with Crippen LogP contribution in [0.4, 0.5) is 0 Å². The van der Waals surface area contributed by atoms with Crippen molar-refractivity contribution in [2.45, 2.75) is 20.0 Å². The van der Waals surface area contributed by atoms with Gasteiger partial charge in [-0.05, 0) is 52.7 Å². The summed E-state index contributed by atoms with van der Waals surface area (Å²) in [5.41, 5.74) is 2.01. The molecule has 0 fully saturated rings. The van der Waals surface area contributed by atoms with Crippen LogP contribution in [0.25, 0.3) is 0 Å². The van der Waals surface area contributed by atoms with Gasteiger partial charge in [-0.2, -0.15) is 0 Å². The average Bonchev–Trinajstić information content (AvgIpc) is 3.07. The number of fused-ring (bicyclic) bond motifs is 1. The van der Waals surface area contributed by atoms with Crippen LogP contribution < -0.4 is 20.1 Å². The molecule has 0 atom stereocenters. The Labute approximate surface area is 149 Å². The van der Waals surface area contributed by atoms with Crippen LogP contribution in [-0.2, 0) is 13.1 Å². The Hall–Kier alpha value is -2.28. The lowest BCUT2D eigenvalue weighted by atomic mass is 10.2. The summed E-state index contributed by atoms with van der Waals surface area (Å²) in [5, 5.41) is 6.52. The maximum atomic E-state index is 5.44. The Morgan fingerprint density at radius 3 is 3.00 bits per heavy atom. The van der Waals surface area contributed by atoms with E-state index in [-0.39, 0.29) is 6.79 Å². The molecule has 1 aliphatic heterocycles. The molecule has 0 aliphatic carbocycles. The van der Waals surface area contributed by atoms with Crippen molar-refractivity contribution < 1.29 is 9.47 Å². The van der Waals surface area contributed by atoms with Gasteiger partial charge in [0.05, 0.1) is 23.3 Å². The van der Waals surface area contributed by atoms with Crippen LogP contribution in [0.5, 0.6) is 11.5 Å². The third-order valence-corrected chi connectivity index (χ3v) is 4.00. The summed E-state index contributed by atoms with van der Waals surface area (Å²) in [5.74, 6) is 2.25. The molecule has 1 aromatic carbocycles.